The lowest BCUT2D eigenvalue weighted by Crippen LogP contribution is -2.33. The summed E-state index contributed by atoms with van der Waals surface area (Å²) in [4.78, 5) is 31.1. The molecule has 25 heavy (non-hydrogen) atoms. The van der Waals surface area contributed by atoms with Crippen LogP contribution in [-0.4, -0.2) is 40.1 Å². The highest BCUT2D eigenvalue weighted by molar-refractivity contribution is 5.95. The van der Waals surface area contributed by atoms with E-state index in [0.717, 1.165) is 5.69 Å². The molecule has 7 nitrogen and oxygen atoms in total. The maximum atomic E-state index is 12.8. The number of anilines is 1. The molecule has 1 aliphatic heterocycles. The Labute approximate surface area is 144 Å². The molecule has 1 aromatic carbocycles. The lowest BCUT2D eigenvalue weighted by atomic mass is 10.1. The van der Waals surface area contributed by atoms with Crippen molar-refractivity contribution < 1.29 is 14.7 Å². The minimum atomic E-state index is -0.945. The minimum Gasteiger partial charge on any atom is -0.481 e. The van der Waals surface area contributed by atoms with Gasteiger partial charge in [-0.15, -0.1) is 0 Å². The van der Waals surface area contributed by atoms with Crippen LogP contribution in [-0.2, 0) is 4.79 Å². The fraction of sp³-hybridized carbons (Fsp3) is 0.222. The Hall–Kier alpha value is -3.40. The number of rotatable bonds is 5. The summed E-state index contributed by atoms with van der Waals surface area (Å²) in [7, 11) is 0. The van der Waals surface area contributed by atoms with Crippen LogP contribution >= 0.6 is 0 Å². The number of carboxylic acid groups (broad SMARTS) is 1. The second kappa shape index (κ2) is 7.01. The van der Waals surface area contributed by atoms with Crippen LogP contribution in [0, 0.1) is 11.3 Å². The van der Waals surface area contributed by atoms with Crippen molar-refractivity contribution in [2.75, 3.05) is 18.0 Å². The van der Waals surface area contributed by atoms with Crippen molar-refractivity contribution in [3.8, 4) is 6.07 Å². The molecule has 1 atom stereocenters. The molecule has 1 unspecified atom stereocenters. The smallest absolute Gasteiger partial charge is 0.325 e. The summed E-state index contributed by atoms with van der Waals surface area (Å²) in [6, 6.07) is 14.0. The molecule has 3 rings (SSSR count). The topological polar surface area (TPSA) is 97.5 Å². The Kier molecular flexibility index (Phi) is 4.61. The highest BCUT2D eigenvalue weighted by atomic mass is 16.4. The quantitative estimate of drug-likeness (QED) is 0.904. The van der Waals surface area contributed by atoms with Gasteiger partial charge in [-0.2, -0.15) is 5.26 Å². The molecular formula is C18H16N4O3. The molecule has 1 aromatic heterocycles. The number of carbonyl (C=O) groups is 2. The summed E-state index contributed by atoms with van der Waals surface area (Å²) in [6.45, 7) is 0.490. The van der Waals surface area contributed by atoms with E-state index >= 15 is 0 Å². The largest absolute Gasteiger partial charge is 0.481 e. The third kappa shape index (κ3) is 3.43. The fourth-order valence-electron chi connectivity index (χ4n) is 2.85. The van der Waals surface area contributed by atoms with Crippen LogP contribution in [0.3, 0.4) is 0 Å². The van der Waals surface area contributed by atoms with Gasteiger partial charge in [-0.25, -0.2) is 4.79 Å². The number of carbonyl (C=O) groups excluding carboxylic acids is 1. The zero-order chi connectivity index (χ0) is 17.8. The van der Waals surface area contributed by atoms with Gasteiger partial charge in [0.05, 0.1) is 23.7 Å². The number of hydrogen-bond acceptors (Lipinski definition) is 4. The first kappa shape index (κ1) is 16.5. The highest BCUT2D eigenvalue weighted by Crippen LogP contribution is 2.33. The number of hydrogen-bond donors (Lipinski definition) is 1. The molecular weight excluding hydrogens is 320 g/mol. The standard InChI is InChI=1S/C18H16N4O3/c19-10-13-6-7-15(20-11-13)16-12-21(9-8-17(23)24)18(25)22(16)14-4-2-1-3-5-14/h1-7,11,16H,8-9,12H2,(H,23,24). The van der Waals surface area contributed by atoms with Crippen LogP contribution in [0.4, 0.5) is 10.5 Å². The summed E-state index contributed by atoms with van der Waals surface area (Å²) < 4.78 is 0. The van der Waals surface area contributed by atoms with Gasteiger partial charge >= 0.3 is 12.0 Å². The molecule has 1 aliphatic rings. The number of urea groups is 1. The van der Waals surface area contributed by atoms with Gasteiger partial charge in [0.15, 0.2) is 0 Å². The normalized spacial score (nSPS) is 16.8. The second-order valence-corrected chi connectivity index (χ2v) is 5.68. The average molecular weight is 336 g/mol. The van der Waals surface area contributed by atoms with E-state index in [1.165, 1.54) is 11.1 Å². The van der Waals surface area contributed by atoms with Crippen LogP contribution in [0.15, 0.2) is 48.7 Å². The lowest BCUT2D eigenvalue weighted by Gasteiger charge is -2.23. The van der Waals surface area contributed by atoms with Crippen LogP contribution in [0.5, 0.6) is 0 Å². The average Bonchev–Trinajstić information content (AvgIpc) is 2.97. The minimum absolute atomic E-state index is 0.109. The maximum absolute atomic E-state index is 12.8. The number of nitrogens with zero attached hydrogens (tertiary/aromatic N) is 4. The highest BCUT2D eigenvalue weighted by Gasteiger charge is 2.39. The number of aromatic nitrogens is 1. The summed E-state index contributed by atoms with van der Waals surface area (Å²) in [6.07, 6.45) is 1.37. The number of pyridine rings is 1. The molecule has 1 fully saturated rings. The molecule has 0 aliphatic carbocycles. The Morgan fingerprint density at radius 3 is 2.64 bits per heavy atom. The van der Waals surface area contributed by atoms with Gasteiger partial charge in [0, 0.05) is 25.0 Å². The molecule has 1 N–H and O–H groups in total. The first-order chi connectivity index (χ1) is 12.1. The SMILES string of the molecule is N#Cc1ccc(C2CN(CCC(=O)O)C(=O)N2c2ccccc2)nc1. The number of benzene rings is 1. The van der Waals surface area contributed by atoms with Gasteiger partial charge in [0.2, 0.25) is 0 Å². The van der Waals surface area contributed by atoms with E-state index in [9.17, 15) is 9.59 Å². The van der Waals surface area contributed by atoms with Crippen molar-refractivity contribution in [3.63, 3.8) is 0 Å². The maximum Gasteiger partial charge on any atom is 0.325 e. The van der Waals surface area contributed by atoms with E-state index in [1.54, 1.807) is 17.0 Å². The Balaban J connectivity index is 1.93. The third-order valence-corrected chi connectivity index (χ3v) is 4.07. The monoisotopic (exact) mass is 336 g/mol. The molecule has 126 valence electrons. The van der Waals surface area contributed by atoms with Gasteiger partial charge in [-0.05, 0) is 24.3 Å². The lowest BCUT2D eigenvalue weighted by molar-refractivity contribution is -0.137. The Morgan fingerprint density at radius 1 is 1.28 bits per heavy atom. The summed E-state index contributed by atoms with van der Waals surface area (Å²) in [5.74, 6) is -0.945. The molecule has 0 radical (unpaired) electrons. The predicted octanol–water partition coefficient (Wildman–Crippen LogP) is 2.41. The van der Waals surface area contributed by atoms with E-state index in [-0.39, 0.29) is 25.0 Å². The molecule has 7 heteroatoms. The van der Waals surface area contributed by atoms with Gasteiger partial charge in [-0.3, -0.25) is 14.7 Å². The van der Waals surface area contributed by atoms with E-state index in [2.05, 4.69) is 4.98 Å². The van der Waals surface area contributed by atoms with E-state index in [0.29, 0.717) is 17.8 Å². The van der Waals surface area contributed by atoms with Gasteiger partial charge in [0.1, 0.15) is 6.07 Å². The zero-order valence-electron chi connectivity index (χ0n) is 13.4. The number of aliphatic carboxylic acids is 1. The van der Waals surface area contributed by atoms with E-state index < -0.39 is 5.97 Å². The summed E-state index contributed by atoms with van der Waals surface area (Å²) >= 11 is 0. The number of nitriles is 1. The number of amides is 2. The molecule has 2 aromatic rings. The number of para-hydroxylation sites is 1. The van der Waals surface area contributed by atoms with Crippen molar-refractivity contribution >= 4 is 17.7 Å². The van der Waals surface area contributed by atoms with Crippen molar-refractivity contribution in [3.05, 3.63) is 59.9 Å². The Morgan fingerprint density at radius 2 is 2.04 bits per heavy atom. The van der Waals surface area contributed by atoms with Crippen molar-refractivity contribution in [2.45, 2.75) is 12.5 Å². The summed E-state index contributed by atoms with van der Waals surface area (Å²) in [5.41, 5.74) is 1.83. The van der Waals surface area contributed by atoms with Gasteiger partial charge in [0.25, 0.3) is 0 Å². The van der Waals surface area contributed by atoms with E-state index in [1.807, 2.05) is 36.4 Å². The third-order valence-electron chi connectivity index (χ3n) is 4.07. The molecule has 1 saturated heterocycles. The van der Waals surface area contributed by atoms with Crippen molar-refractivity contribution in [2.24, 2.45) is 0 Å². The van der Waals surface area contributed by atoms with E-state index in [4.69, 9.17) is 10.4 Å². The van der Waals surface area contributed by atoms with Crippen LogP contribution in [0.1, 0.15) is 23.7 Å². The molecule has 0 bridgehead atoms. The predicted molar refractivity (Wildman–Crippen MR) is 89.8 cm³/mol. The second-order valence-electron chi connectivity index (χ2n) is 5.68. The first-order valence-corrected chi connectivity index (χ1v) is 7.81. The summed E-state index contributed by atoms with van der Waals surface area (Å²) in [5, 5.41) is 17.8. The molecule has 0 spiro atoms. The van der Waals surface area contributed by atoms with Gasteiger partial charge < -0.3 is 10.0 Å². The van der Waals surface area contributed by atoms with Crippen LogP contribution < -0.4 is 4.90 Å². The van der Waals surface area contributed by atoms with Gasteiger partial charge in [-0.1, -0.05) is 18.2 Å². The first-order valence-electron chi connectivity index (χ1n) is 7.81. The van der Waals surface area contributed by atoms with Crippen molar-refractivity contribution in [1.82, 2.24) is 9.88 Å². The zero-order valence-corrected chi connectivity index (χ0v) is 13.4. The molecule has 0 saturated carbocycles. The molecule has 2 amide bonds. The van der Waals surface area contributed by atoms with Crippen LogP contribution in [0.2, 0.25) is 0 Å². The van der Waals surface area contributed by atoms with Crippen LogP contribution in [0.25, 0.3) is 0 Å². The fourth-order valence-corrected chi connectivity index (χ4v) is 2.85. The molecule has 2 heterocycles. The Bertz CT molecular complexity index is 814. The number of carboxylic acids is 1. The van der Waals surface area contributed by atoms with Crippen molar-refractivity contribution in [1.29, 1.82) is 5.26 Å².